The standard InChI is InChI=1S/C26H33F3N3O10P/c1-4-9-16(10-5-2)22(34)30-21-18(27)13-32(25(37)31-21)24-26(28,29)20(33)19(40-24)14-39-43(38,41-15(3)23(35)36)42-17-11-7-6-8-12-17/h6-8,11-13,15-16,19-20,24,33H,4-5,9-10,14H2,1-3H3,(H,35,36)(H,30,31,34,37)/t15-,19+,20+,24+,43?/m0/s1. The fourth-order valence-electron chi connectivity index (χ4n) is 4.22. The van der Waals surface area contributed by atoms with Crippen molar-refractivity contribution in [2.24, 2.45) is 5.92 Å². The molecule has 0 bridgehead atoms. The van der Waals surface area contributed by atoms with Crippen molar-refractivity contribution in [1.29, 1.82) is 0 Å². The molecule has 1 aromatic heterocycles. The van der Waals surface area contributed by atoms with E-state index in [-0.39, 0.29) is 10.3 Å². The number of carboxylic acid groups (broad SMARTS) is 1. The number of aliphatic hydroxyl groups excluding tert-OH is 1. The van der Waals surface area contributed by atoms with Crippen molar-refractivity contribution in [3.63, 3.8) is 0 Å². The first-order chi connectivity index (χ1) is 20.2. The van der Waals surface area contributed by atoms with Gasteiger partial charge in [-0.25, -0.2) is 18.5 Å². The van der Waals surface area contributed by atoms with E-state index in [9.17, 15) is 28.4 Å². The van der Waals surface area contributed by atoms with Gasteiger partial charge in [0.05, 0.1) is 12.8 Å². The van der Waals surface area contributed by atoms with E-state index in [1.807, 2.05) is 13.8 Å². The van der Waals surface area contributed by atoms with Crippen LogP contribution in [0.15, 0.2) is 41.3 Å². The van der Waals surface area contributed by atoms with Gasteiger partial charge in [-0.2, -0.15) is 13.8 Å². The Balaban J connectivity index is 1.80. The maximum atomic E-state index is 15.1. The highest BCUT2D eigenvalue weighted by Crippen LogP contribution is 2.52. The van der Waals surface area contributed by atoms with Crippen molar-refractivity contribution in [1.82, 2.24) is 9.55 Å². The van der Waals surface area contributed by atoms with Crippen LogP contribution in [0.5, 0.6) is 5.75 Å². The van der Waals surface area contributed by atoms with Gasteiger partial charge in [-0.1, -0.05) is 44.9 Å². The normalized spacial score (nSPS) is 21.7. The highest BCUT2D eigenvalue weighted by Gasteiger charge is 2.60. The summed E-state index contributed by atoms with van der Waals surface area (Å²) in [4.78, 5) is 39.9. The molecule has 0 radical (unpaired) electrons. The maximum absolute atomic E-state index is 15.1. The zero-order chi connectivity index (χ0) is 31.9. The third-order valence-electron chi connectivity index (χ3n) is 6.42. The lowest BCUT2D eigenvalue weighted by Gasteiger charge is -2.22. The van der Waals surface area contributed by atoms with Gasteiger partial charge in [-0.15, -0.1) is 0 Å². The highest BCUT2D eigenvalue weighted by molar-refractivity contribution is 7.49. The van der Waals surface area contributed by atoms with Gasteiger partial charge in [-0.3, -0.25) is 18.4 Å². The Morgan fingerprint density at radius 1 is 1.21 bits per heavy atom. The number of aromatic nitrogens is 2. The van der Waals surface area contributed by atoms with Crippen LogP contribution < -0.4 is 15.5 Å². The molecule has 2 aromatic rings. The number of hydrogen-bond acceptors (Lipinski definition) is 10. The Kier molecular flexibility index (Phi) is 11.5. The molecule has 13 nitrogen and oxygen atoms in total. The number of ether oxygens (including phenoxy) is 1. The number of benzene rings is 1. The Hall–Kier alpha value is -3.30. The van der Waals surface area contributed by atoms with Crippen LogP contribution in [0.2, 0.25) is 0 Å². The quantitative estimate of drug-likeness (QED) is 0.240. The molecule has 43 heavy (non-hydrogen) atoms. The minimum Gasteiger partial charge on any atom is -0.479 e. The second kappa shape index (κ2) is 14.4. The van der Waals surface area contributed by atoms with Gasteiger partial charge in [0.25, 0.3) is 0 Å². The number of aliphatic hydroxyl groups is 1. The van der Waals surface area contributed by atoms with E-state index in [0.29, 0.717) is 31.9 Å². The fourth-order valence-corrected chi connectivity index (χ4v) is 5.56. The maximum Gasteiger partial charge on any atom is 0.530 e. The first kappa shape index (κ1) is 34.2. The minimum atomic E-state index is -4.82. The average molecular weight is 636 g/mol. The topological polar surface area (TPSA) is 176 Å². The van der Waals surface area contributed by atoms with E-state index < -0.39 is 80.0 Å². The van der Waals surface area contributed by atoms with Gasteiger partial charge in [-0.05, 0) is 31.9 Å². The Labute approximate surface area is 244 Å². The van der Waals surface area contributed by atoms with Crippen LogP contribution in [0.4, 0.5) is 19.0 Å². The first-order valence-electron chi connectivity index (χ1n) is 13.4. The minimum absolute atomic E-state index is 0.0736. The molecule has 1 unspecified atom stereocenters. The van der Waals surface area contributed by atoms with Gasteiger partial charge in [0.2, 0.25) is 12.1 Å². The number of alkyl halides is 2. The molecule has 5 atom stereocenters. The lowest BCUT2D eigenvalue weighted by atomic mass is 9.97. The number of phosphoric ester groups is 1. The summed E-state index contributed by atoms with van der Waals surface area (Å²) in [7, 11) is -4.82. The number of rotatable bonds is 15. The zero-order valence-corrected chi connectivity index (χ0v) is 24.4. The van der Waals surface area contributed by atoms with E-state index in [2.05, 4.69) is 10.3 Å². The smallest absolute Gasteiger partial charge is 0.479 e. The van der Waals surface area contributed by atoms with Crippen LogP contribution in [-0.2, 0) is 27.9 Å². The number of carboxylic acids is 1. The molecule has 3 N–H and O–H groups in total. The van der Waals surface area contributed by atoms with Crippen molar-refractivity contribution in [3.05, 3.63) is 52.8 Å². The summed E-state index contributed by atoms with van der Waals surface area (Å²) in [6.45, 7) is 3.66. The second-order valence-corrected chi connectivity index (χ2v) is 11.3. The predicted octanol–water partition coefficient (Wildman–Crippen LogP) is 4.12. The van der Waals surface area contributed by atoms with Gasteiger partial charge in [0.15, 0.2) is 23.8 Å². The molecule has 1 aromatic carbocycles. The van der Waals surface area contributed by atoms with Crippen molar-refractivity contribution in [2.75, 3.05) is 11.9 Å². The summed E-state index contributed by atoms with van der Waals surface area (Å²) < 4.78 is 78.7. The largest absolute Gasteiger partial charge is 0.530 e. The number of phosphoric acid groups is 1. The molecule has 1 aliphatic rings. The number of halogens is 3. The summed E-state index contributed by atoms with van der Waals surface area (Å²) >= 11 is 0. The van der Waals surface area contributed by atoms with E-state index in [1.165, 1.54) is 24.3 Å². The third-order valence-corrected chi connectivity index (χ3v) is 7.89. The number of para-hydroxylation sites is 1. The molecule has 0 spiro atoms. The number of nitrogens with one attached hydrogen (secondary N) is 1. The molecule has 3 rings (SSSR count). The Morgan fingerprint density at radius 2 is 1.84 bits per heavy atom. The highest BCUT2D eigenvalue weighted by atomic mass is 31.2. The van der Waals surface area contributed by atoms with Crippen LogP contribution >= 0.6 is 7.82 Å². The molecule has 1 saturated heterocycles. The molecule has 1 amide bonds. The fraction of sp³-hybridized carbons (Fsp3) is 0.538. The lowest BCUT2D eigenvalue weighted by molar-refractivity contribution is -0.145. The van der Waals surface area contributed by atoms with Crippen LogP contribution in [0, 0.1) is 11.7 Å². The van der Waals surface area contributed by atoms with Crippen molar-refractivity contribution < 1.29 is 55.8 Å². The van der Waals surface area contributed by atoms with Crippen LogP contribution in [0.1, 0.15) is 52.7 Å². The lowest BCUT2D eigenvalue weighted by Crippen LogP contribution is -2.42. The van der Waals surface area contributed by atoms with Gasteiger partial charge in [0.1, 0.15) is 11.9 Å². The van der Waals surface area contributed by atoms with E-state index in [1.54, 1.807) is 6.07 Å². The third kappa shape index (κ3) is 8.42. The van der Waals surface area contributed by atoms with Crippen molar-refractivity contribution in [2.45, 2.75) is 76.9 Å². The number of carbonyl (C=O) groups is 2. The molecule has 238 valence electrons. The molecule has 0 aliphatic carbocycles. The number of aliphatic carboxylic acids is 1. The summed E-state index contributed by atoms with van der Waals surface area (Å²) in [5.41, 5.74) is -1.42. The van der Waals surface area contributed by atoms with Crippen LogP contribution in [0.25, 0.3) is 0 Å². The zero-order valence-electron chi connectivity index (χ0n) is 23.5. The van der Waals surface area contributed by atoms with E-state index in [4.69, 9.17) is 23.4 Å². The molecule has 17 heteroatoms. The van der Waals surface area contributed by atoms with E-state index in [0.717, 1.165) is 6.92 Å². The second-order valence-electron chi connectivity index (χ2n) is 9.77. The van der Waals surface area contributed by atoms with Gasteiger partial charge >= 0.3 is 25.4 Å². The average Bonchev–Trinajstić information content (AvgIpc) is 3.17. The first-order valence-corrected chi connectivity index (χ1v) is 14.9. The number of nitrogens with zero attached hydrogens (tertiary/aromatic N) is 2. The summed E-state index contributed by atoms with van der Waals surface area (Å²) in [5, 5.41) is 21.7. The summed E-state index contributed by atoms with van der Waals surface area (Å²) in [6, 6.07) is 7.25. The molecule has 1 fully saturated rings. The SMILES string of the molecule is CCCC(CCC)C(=O)Nc1nc(=O)n([C@@H]2O[C@H](COP(=O)(Oc3ccccc3)O[C@@H](C)C(=O)O)[C@@H](O)C2(F)F)cc1F. The molecule has 0 saturated carbocycles. The molecular formula is C26H33F3N3O10P. The van der Waals surface area contributed by atoms with Crippen molar-refractivity contribution >= 4 is 25.5 Å². The monoisotopic (exact) mass is 635 g/mol. The number of amides is 1. The predicted molar refractivity (Wildman–Crippen MR) is 144 cm³/mol. The summed E-state index contributed by atoms with van der Waals surface area (Å²) in [6.07, 6.45) is -6.23. The molecule has 2 heterocycles. The number of carbonyl (C=O) groups excluding carboxylic acids is 1. The van der Waals surface area contributed by atoms with Gasteiger partial charge in [0, 0.05) is 5.92 Å². The molecule has 1 aliphatic heterocycles. The number of hydrogen-bond donors (Lipinski definition) is 3. The Bertz CT molecular complexity index is 1370. The Morgan fingerprint density at radius 3 is 2.42 bits per heavy atom. The van der Waals surface area contributed by atoms with Gasteiger partial charge < -0.3 is 24.8 Å². The molecular weight excluding hydrogens is 602 g/mol. The number of anilines is 1. The van der Waals surface area contributed by atoms with E-state index >= 15 is 8.78 Å². The summed E-state index contributed by atoms with van der Waals surface area (Å²) in [5.74, 6) is -8.95. The van der Waals surface area contributed by atoms with Crippen LogP contribution in [-0.4, -0.2) is 62.5 Å². The van der Waals surface area contributed by atoms with Crippen LogP contribution in [0.3, 0.4) is 0 Å². The van der Waals surface area contributed by atoms with Crippen molar-refractivity contribution in [3.8, 4) is 5.75 Å².